The van der Waals surface area contributed by atoms with Gasteiger partial charge in [-0.05, 0) is 38.6 Å². The Kier molecular flexibility index (Phi) is 6.79. The van der Waals surface area contributed by atoms with Crippen molar-refractivity contribution in [1.82, 2.24) is 28.5 Å². The second-order valence-electron chi connectivity index (χ2n) is 8.62. The van der Waals surface area contributed by atoms with Crippen LogP contribution in [0.3, 0.4) is 0 Å². The first-order valence-electron chi connectivity index (χ1n) is 11.6. The van der Waals surface area contributed by atoms with Gasteiger partial charge in [-0.3, -0.25) is 9.48 Å². The zero-order valence-corrected chi connectivity index (χ0v) is 21.2. The number of sulfonamides is 1. The summed E-state index contributed by atoms with van der Waals surface area (Å²) in [6.07, 6.45) is 1.59. The van der Waals surface area contributed by atoms with E-state index in [0.717, 1.165) is 12.1 Å². The molecule has 0 amide bonds. The average molecular weight is 489 g/mol. The van der Waals surface area contributed by atoms with Crippen molar-refractivity contribution < 1.29 is 13.2 Å². The van der Waals surface area contributed by atoms with Gasteiger partial charge in [0, 0.05) is 40.3 Å². The Hall–Kier alpha value is -2.76. The van der Waals surface area contributed by atoms with Crippen molar-refractivity contribution in [2.45, 2.75) is 31.6 Å². The van der Waals surface area contributed by atoms with Crippen LogP contribution in [-0.2, 0) is 30.5 Å². The van der Waals surface area contributed by atoms with Crippen LogP contribution in [0, 0.1) is 0 Å². The molecule has 0 saturated carbocycles. The first kappa shape index (κ1) is 24.4. The van der Waals surface area contributed by atoms with Gasteiger partial charge < -0.3 is 14.2 Å². The van der Waals surface area contributed by atoms with Gasteiger partial charge in [0.25, 0.3) is 5.56 Å². The predicted molar refractivity (Wildman–Crippen MR) is 131 cm³/mol. The van der Waals surface area contributed by atoms with E-state index in [1.807, 2.05) is 25.6 Å². The van der Waals surface area contributed by atoms with Crippen LogP contribution in [0.2, 0.25) is 0 Å². The Labute approximate surface area is 199 Å². The Bertz CT molecular complexity index is 1370. The van der Waals surface area contributed by atoms with Crippen molar-refractivity contribution >= 4 is 21.1 Å². The lowest BCUT2D eigenvalue weighted by Gasteiger charge is -2.31. The van der Waals surface area contributed by atoms with Crippen LogP contribution in [0.15, 0.2) is 27.9 Å². The predicted octanol–water partition coefficient (Wildman–Crippen LogP) is 1.62. The van der Waals surface area contributed by atoms with E-state index in [2.05, 4.69) is 21.9 Å². The molecule has 184 valence electrons. The first-order valence-corrected chi connectivity index (χ1v) is 13.0. The summed E-state index contributed by atoms with van der Waals surface area (Å²) in [6.45, 7) is 6.52. The summed E-state index contributed by atoms with van der Waals surface area (Å²) in [7, 11) is 1.83. The van der Waals surface area contributed by atoms with Crippen molar-refractivity contribution in [3.8, 4) is 17.1 Å². The molecule has 1 aliphatic heterocycles. The summed E-state index contributed by atoms with van der Waals surface area (Å²) < 4.78 is 37.5. The number of aryl methyl sites for hydroxylation is 3. The summed E-state index contributed by atoms with van der Waals surface area (Å²) in [6, 6.07) is 4.78. The van der Waals surface area contributed by atoms with Crippen LogP contribution in [0.1, 0.15) is 26.0 Å². The first-order chi connectivity index (χ1) is 16.2. The number of hydrogen-bond acceptors (Lipinski definition) is 7. The van der Waals surface area contributed by atoms with Crippen LogP contribution in [-0.4, -0.2) is 76.8 Å². The smallest absolute Gasteiger partial charge is 0.299 e. The molecule has 0 N–H and O–H groups in total. The largest absolute Gasteiger partial charge is 0.493 e. The molecule has 11 heteroatoms. The molecular formula is C23H32N6O4S. The Balaban J connectivity index is 1.91. The number of likely N-dealkylation sites (N-methyl/N-ethyl adjacent to an activating group) is 1. The highest BCUT2D eigenvalue weighted by Gasteiger charge is 2.29. The molecule has 1 aliphatic rings. The number of nitrogens with zero attached hydrogens (tertiary/aromatic N) is 6. The highest BCUT2D eigenvalue weighted by Crippen LogP contribution is 2.33. The molecule has 34 heavy (non-hydrogen) atoms. The standard InChI is InChI=1S/C23H32N6O4S/c1-6-8-18-20-21(28(5)25-18)23(30)24-22(27(20)4)17-15-16(9-10-19(17)33-7-2)34(31,32)29-13-11-26(3)12-14-29/h9-10,15H,6-8,11-14H2,1-5H3. The van der Waals surface area contributed by atoms with Gasteiger partial charge in [-0.1, -0.05) is 13.3 Å². The molecule has 2 aromatic heterocycles. The van der Waals surface area contributed by atoms with E-state index in [1.165, 1.54) is 4.31 Å². The molecule has 0 spiro atoms. The monoisotopic (exact) mass is 488 g/mol. The number of rotatable bonds is 7. The second-order valence-corrected chi connectivity index (χ2v) is 10.6. The number of ether oxygens (including phenoxy) is 1. The van der Waals surface area contributed by atoms with E-state index < -0.39 is 15.6 Å². The molecule has 10 nitrogen and oxygen atoms in total. The third kappa shape index (κ3) is 4.23. The Morgan fingerprint density at radius 2 is 1.74 bits per heavy atom. The van der Waals surface area contributed by atoms with Gasteiger partial charge in [0.2, 0.25) is 10.0 Å². The van der Waals surface area contributed by atoms with Gasteiger partial charge in [-0.2, -0.15) is 14.4 Å². The molecule has 1 saturated heterocycles. The summed E-state index contributed by atoms with van der Waals surface area (Å²) in [4.78, 5) is 19.6. The fourth-order valence-corrected chi connectivity index (χ4v) is 5.89. The second kappa shape index (κ2) is 9.47. The van der Waals surface area contributed by atoms with Gasteiger partial charge in [-0.15, -0.1) is 0 Å². The minimum Gasteiger partial charge on any atom is -0.493 e. The van der Waals surface area contributed by atoms with Crippen LogP contribution < -0.4 is 10.3 Å². The van der Waals surface area contributed by atoms with Crippen molar-refractivity contribution in [2.24, 2.45) is 14.1 Å². The normalized spacial score (nSPS) is 15.8. The van der Waals surface area contributed by atoms with Crippen LogP contribution >= 0.6 is 0 Å². The molecule has 0 radical (unpaired) electrons. The lowest BCUT2D eigenvalue weighted by atomic mass is 10.1. The van der Waals surface area contributed by atoms with Crippen molar-refractivity contribution in [3.63, 3.8) is 0 Å². The van der Waals surface area contributed by atoms with Crippen molar-refractivity contribution in [2.75, 3.05) is 39.8 Å². The number of hydrogen-bond donors (Lipinski definition) is 0. The number of fused-ring (bicyclic) bond motifs is 1. The van der Waals surface area contributed by atoms with Crippen molar-refractivity contribution in [1.29, 1.82) is 0 Å². The van der Waals surface area contributed by atoms with Crippen LogP contribution in [0.5, 0.6) is 5.75 Å². The number of piperazine rings is 1. The Morgan fingerprint density at radius 1 is 1.03 bits per heavy atom. The molecule has 0 bridgehead atoms. The maximum absolute atomic E-state index is 13.4. The fourth-order valence-electron chi connectivity index (χ4n) is 4.44. The molecule has 0 unspecified atom stereocenters. The van der Waals surface area contributed by atoms with Gasteiger partial charge in [0.05, 0.1) is 28.3 Å². The van der Waals surface area contributed by atoms with Gasteiger partial charge >= 0.3 is 0 Å². The molecular weight excluding hydrogens is 456 g/mol. The Morgan fingerprint density at radius 3 is 2.38 bits per heavy atom. The molecule has 0 aliphatic carbocycles. The number of benzene rings is 1. The van der Waals surface area contributed by atoms with E-state index in [4.69, 9.17) is 4.74 Å². The minimum atomic E-state index is -3.71. The summed E-state index contributed by atoms with van der Waals surface area (Å²) in [5.41, 5.74) is 1.99. The molecule has 4 rings (SSSR count). The fraction of sp³-hybridized carbons (Fsp3) is 0.522. The topological polar surface area (TPSA) is 103 Å². The summed E-state index contributed by atoms with van der Waals surface area (Å²) >= 11 is 0. The summed E-state index contributed by atoms with van der Waals surface area (Å²) in [5, 5.41) is 4.54. The van der Waals surface area contributed by atoms with E-state index in [-0.39, 0.29) is 4.90 Å². The maximum atomic E-state index is 13.4. The zero-order valence-electron chi connectivity index (χ0n) is 20.4. The van der Waals surface area contributed by atoms with Crippen LogP contribution in [0.25, 0.3) is 22.4 Å². The summed E-state index contributed by atoms with van der Waals surface area (Å²) in [5.74, 6) is 0.823. The van der Waals surface area contributed by atoms with Gasteiger partial charge in [-0.25, -0.2) is 8.42 Å². The van der Waals surface area contributed by atoms with Gasteiger partial charge in [0.15, 0.2) is 5.52 Å². The molecule has 0 atom stereocenters. The minimum absolute atomic E-state index is 0.157. The zero-order chi connectivity index (χ0) is 24.6. The molecule has 1 aromatic carbocycles. The highest BCUT2D eigenvalue weighted by molar-refractivity contribution is 7.89. The molecule has 3 aromatic rings. The molecule has 1 fully saturated rings. The maximum Gasteiger partial charge on any atom is 0.299 e. The third-order valence-corrected chi connectivity index (χ3v) is 8.13. The van der Waals surface area contributed by atoms with E-state index >= 15 is 0 Å². The lowest BCUT2D eigenvalue weighted by molar-refractivity contribution is 0.222. The lowest BCUT2D eigenvalue weighted by Crippen LogP contribution is -2.47. The van der Waals surface area contributed by atoms with Gasteiger partial charge in [0.1, 0.15) is 11.6 Å². The quantitative estimate of drug-likeness (QED) is 0.498. The van der Waals surface area contributed by atoms with E-state index in [9.17, 15) is 13.2 Å². The SMILES string of the molecule is CCCc1nn(C)c2c(=O)nc(-c3cc(S(=O)(=O)N4CCN(C)CC4)ccc3OCC)n(C)c12. The van der Waals surface area contributed by atoms with Crippen molar-refractivity contribution in [3.05, 3.63) is 34.2 Å². The molecule has 3 heterocycles. The average Bonchev–Trinajstić information content (AvgIpc) is 3.14. The third-order valence-electron chi connectivity index (χ3n) is 6.23. The highest BCUT2D eigenvalue weighted by atomic mass is 32.2. The number of aromatic nitrogens is 4. The van der Waals surface area contributed by atoms with E-state index in [0.29, 0.717) is 67.4 Å². The van der Waals surface area contributed by atoms with E-state index in [1.54, 1.807) is 29.9 Å². The van der Waals surface area contributed by atoms with Crippen LogP contribution in [0.4, 0.5) is 0 Å².